The third-order valence-electron chi connectivity index (χ3n) is 12.6. The van der Waals surface area contributed by atoms with Crippen molar-refractivity contribution in [3.05, 3.63) is 192 Å². The molecule has 314 valence electrons. The van der Waals surface area contributed by atoms with Crippen LogP contribution < -0.4 is 31.8 Å². The van der Waals surface area contributed by atoms with Gasteiger partial charge < -0.3 is 0 Å². The van der Waals surface area contributed by atoms with E-state index in [-0.39, 0.29) is 0 Å². The van der Waals surface area contributed by atoms with E-state index in [0.29, 0.717) is 0 Å². The minimum absolute atomic E-state index is 0.923. The van der Waals surface area contributed by atoms with Crippen LogP contribution in [0.3, 0.4) is 0 Å². The van der Waals surface area contributed by atoms with Gasteiger partial charge in [0.2, 0.25) is 0 Å². The average Bonchev–Trinajstić information content (AvgIpc) is 3.33. The fourth-order valence-electron chi connectivity index (χ4n) is 9.04. The molecule has 0 atom stereocenters. The van der Waals surface area contributed by atoms with Gasteiger partial charge in [0, 0.05) is 0 Å². The number of hydrogen-bond acceptors (Lipinski definition) is 0. The summed E-state index contributed by atoms with van der Waals surface area (Å²) in [7, 11) is -1.85. The van der Waals surface area contributed by atoms with E-state index >= 15 is 0 Å². The predicted octanol–water partition coefficient (Wildman–Crippen LogP) is 14.5. The van der Waals surface area contributed by atoms with Gasteiger partial charge in [0.15, 0.2) is 0 Å². The molecular weight excluding hydrogens is 783 g/mol. The summed E-state index contributed by atoms with van der Waals surface area (Å²) < 4.78 is 0. The average molecular weight is 847 g/mol. The summed E-state index contributed by atoms with van der Waals surface area (Å²) in [6.07, 6.45) is 14.2. The van der Waals surface area contributed by atoms with Crippen molar-refractivity contribution in [3.63, 3.8) is 0 Å². The van der Waals surface area contributed by atoms with Crippen LogP contribution in [0.2, 0.25) is 0 Å². The minimum Gasteiger partial charge on any atom is -0.0654 e. The molecule has 0 N–H and O–H groups in total. The molecule has 0 nitrogen and oxygen atoms in total. The van der Waals surface area contributed by atoms with Crippen LogP contribution in [0.25, 0.3) is 32.7 Å². The normalized spacial score (nSPS) is 11.6. The van der Waals surface area contributed by atoms with Gasteiger partial charge in [-0.05, 0) is 154 Å². The molecule has 0 saturated heterocycles. The van der Waals surface area contributed by atoms with E-state index in [2.05, 4.69) is 198 Å². The minimum atomic E-state index is -0.923. The predicted molar refractivity (Wildman–Crippen MR) is 279 cm³/mol. The van der Waals surface area contributed by atoms with E-state index in [9.17, 15) is 0 Å². The monoisotopic (exact) mass is 846 g/mol. The van der Waals surface area contributed by atoms with Crippen molar-refractivity contribution in [2.24, 2.45) is 0 Å². The lowest BCUT2D eigenvalue weighted by Gasteiger charge is -2.29. The van der Waals surface area contributed by atoms with Crippen molar-refractivity contribution in [2.45, 2.75) is 105 Å². The van der Waals surface area contributed by atoms with Gasteiger partial charge in [0.1, 0.15) is 0 Å². The summed E-state index contributed by atoms with van der Waals surface area (Å²) in [5.41, 5.74) is 8.51. The molecule has 0 aromatic heterocycles. The van der Waals surface area contributed by atoms with E-state index in [1.807, 2.05) is 0 Å². The Kier molecular flexibility index (Phi) is 15.2. The highest BCUT2D eigenvalue weighted by atomic mass is 31.1. The van der Waals surface area contributed by atoms with Crippen LogP contribution in [-0.2, 0) is 25.7 Å². The molecule has 0 aliphatic rings. The smallest absolute Gasteiger partial charge is 0.000884 e. The summed E-state index contributed by atoms with van der Waals surface area (Å²) >= 11 is 0. The third kappa shape index (κ3) is 10.00. The van der Waals surface area contributed by atoms with Crippen molar-refractivity contribution < 1.29 is 0 Å². The van der Waals surface area contributed by atoms with E-state index in [0.717, 1.165) is 25.7 Å². The number of benzene rings is 8. The molecule has 0 saturated carbocycles. The first-order valence-corrected chi connectivity index (χ1v) is 26.3. The van der Waals surface area contributed by atoms with Crippen LogP contribution >= 0.6 is 15.8 Å². The maximum atomic E-state index is 2.50. The van der Waals surface area contributed by atoms with Crippen molar-refractivity contribution in [2.75, 3.05) is 0 Å². The number of fused-ring (bicyclic) bond motifs is 2. The third-order valence-corrected chi connectivity index (χ3v) is 17.6. The fraction of sp³-hybridized carbons (Fsp3) is 0.267. The largest absolute Gasteiger partial charge is 0.0654 e. The molecule has 0 aliphatic carbocycles. The molecule has 0 unspecified atom stereocenters. The fourth-order valence-corrected chi connectivity index (χ4v) is 13.9. The summed E-state index contributed by atoms with van der Waals surface area (Å²) in [6.45, 7) is 9.16. The van der Waals surface area contributed by atoms with E-state index < -0.39 is 15.8 Å². The maximum Gasteiger partial charge on any atom is -0.000884 e. The zero-order valence-electron chi connectivity index (χ0n) is 37.5. The molecule has 0 aliphatic heterocycles. The number of unbranched alkanes of at least 4 members (excludes halogenated alkanes) is 4. The van der Waals surface area contributed by atoms with Gasteiger partial charge in [-0.1, -0.05) is 223 Å². The van der Waals surface area contributed by atoms with Gasteiger partial charge in [0.25, 0.3) is 0 Å². The number of rotatable bonds is 19. The van der Waals surface area contributed by atoms with E-state index in [4.69, 9.17) is 0 Å². The van der Waals surface area contributed by atoms with Crippen LogP contribution in [0.4, 0.5) is 0 Å². The molecule has 0 fully saturated rings. The lowest BCUT2D eigenvalue weighted by molar-refractivity contribution is 0.795. The highest BCUT2D eigenvalue weighted by molar-refractivity contribution is 7.80. The van der Waals surface area contributed by atoms with Crippen LogP contribution in [-0.4, -0.2) is 0 Å². The van der Waals surface area contributed by atoms with Crippen molar-refractivity contribution in [1.82, 2.24) is 0 Å². The van der Waals surface area contributed by atoms with Gasteiger partial charge >= 0.3 is 0 Å². The Hall–Kier alpha value is -4.86. The van der Waals surface area contributed by atoms with Crippen molar-refractivity contribution in [3.8, 4) is 11.1 Å². The molecule has 2 heteroatoms. The second kappa shape index (κ2) is 21.5. The lowest BCUT2D eigenvalue weighted by atomic mass is 9.93. The highest BCUT2D eigenvalue weighted by Crippen LogP contribution is 2.46. The molecule has 0 amide bonds. The van der Waals surface area contributed by atoms with Gasteiger partial charge in [-0.3, -0.25) is 0 Å². The molecule has 0 radical (unpaired) electrons. The highest BCUT2D eigenvalue weighted by Gasteiger charge is 2.28. The Morgan fingerprint density at radius 2 is 0.565 bits per heavy atom. The summed E-state index contributed by atoms with van der Waals surface area (Å²) in [5.74, 6) is 0. The van der Waals surface area contributed by atoms with Gasteiger partial charge in [-0.15, -0.1) is 0 Å². The Morgan fingerprint density at radius 1 is 0.290 bits per heavy atom. The molecule has 0 spiro atoms. The van der Waals surface area contributed by atoms with Gasteiger partial charge in [-0.2, -0.15) is 0 Å². The summed E-state index contributed by atoms with van der Waals surface area (Å²) in [4.78, 5) is 0. The molecule has 62 heavy (non-hydrogen) atoms. The van der Waals surface area contributed by atoms with Gasteiger partial charge in [0.05, 0.1) is 0 Å². The number of hydrogen-bond donors (Lipinski definition) is 0. The molecule has 8 aromatic rings. The quantitative estimate of drug-likeness (QED) is 0.0711. The molecule has 8 rings (SSSR count). The number of aryl methyl sites for hydroxylation is 4. The van der Waals surface area contributed by atoms with Crippen LogP contribution in [0.5, 0.6) is 0 Å². The van der Waals surface area contributed by atoms with Crippen molar-refractivity contribution >= 4 is 69.2 Å². The first-order valence-electron chi connectivity index (χ1n) is 23.6. The lowest BCUT2D eigenvalue weighted by Crippen LogP contribution is -2.26. The van der Waals surface area contributed by atoms with E-state index in [1.54, 1.807) is 0 Å². The zero-order valence-corrected chi connectivity index (χ0v) is 39.3. The van der Waals surface area contributed by atoms with Crippen LogP contribution in [0.15, 0.2) is 170 Å². The first-order chi connectivity index (χ1) is 30.6. The van der Waals surface area contributed by atoms with E-state index in [1.165, 1.54) is 138 Å². The van der Waals surface area contributed by atoms with Crippen molar-refractivity contribution in [1.29, 1.82) is 0 Å². The Morgan fingerprint density at radius 3 is 0.839 bits per heavy atom. The van der Waals surface area contributed by atoms with Crippen LogP contribution in [0, 0.1) is 0 Å². The standard InChI is InChI=1S/C60H64P2/c1-5-9-17-45-25-35-51(36-26-45)61(52-37-27-46(28-38-52)18-10-6-2)57-43-33-49-21-13-15-23-55(49)59(57)60-56-24-16-14-22-50(56)34-44-58(60)62(53-39-29-47(30-40-53)19-11-7-3)54-41-31-48(32-42-54)20-12-8-4/h13-16,21-44H,5-12,17-20H2,1-4H3. The summed E-state index contributed by atoms with van der Waals surface area (Å²) in [6, 6.07) is 67.0. The second-order valence-corrected chi connectivity index (χ2v) is 21.5. The maximum absolute atomic E-state index is 2.50. The molecule has 0 heterocycles. The summed E-state index contributed by atoms with van der Waals surface area (Å²) in [5, 5.41) is 13.7. The SMILES string of the molecule is CCCCc1ccc(P(c2ccc(CCCC)cc2)c2ccc3ccccc3c2-c2c(P(c3ccc(CCCC)cc3)c3ccc(CCCC)cc3)ccc3ccccc23)cc1. The molecule has 8 aromatic carbocycles. The van der Waals surface area contributed by atoms with Crippen LogP contribution in [0.1, 0.15) is 101 Å². The second-order valence-electron chi connectivity index (χ2n) is 17.1. The Balaban J connectivity index is 1.41. The first kappa shape index (κ1) is 43.8. The Bertz CT molecular complexity index is 2360. The topological polar surface area (TPSA) is 0 Å². The molecule has 0 bridgehead atoms. The molecular formula is C60H64P2. The van der Waals surface area contributed by atoms with Gasteiger partial charge in [-0.25, -0.2) is 0 Å². The Labute approximate surface area is 375 Å². The zero-order chi connectivity index (χ0) is 42.7.